The van der Waals surface area contributed by atoms with Gasteiger partial charge in [-0.1, -0.05) is 0 Å². The van der Waals surface area contributed by atoms with E-state index in [1.807, 2.05) is 0 Å². The van der Waals surface area contributed by atoms with E-state index in [1.54, 1.807) is 11.4 Å². The number of hydrogen-bond donors (Lipinski definition) is 1. The van der Waals surface area contributed by atoms with Crippen molar-refractivity contribution in [2.45, 2.75) is 6.10 Å². The van der Waals surface area contributed by atoms with Crippen LogP contribution in [-0.4, -0.2) is 17.2 Å². The Morgan fingerprint density at radius 1 is 1.50 bits per heavy atom. The first-order chi connectivity index (χ1) is 7.74. The molecule has 0 aromatic carbocycles. The molecule has 2 aromatic heterocycles. The molecule has 84 valence electrons. The van der Waals surface area contributed by atoms with Gasteiger partial charge in [-0.3, -0.25) is 4.98 Å². The predicted molar refractivity (Wildman–Crippen MR) is 59.1 cm³/mol. The number of thiophene rings is 1. The van der Waals surface area contributed by atoms with Crippen LogP contribution in [0.2, 0.25) is 0 Å². The van der Waals surface area contributed by atoms with Crippen LogP contribution in [0.3, 0.4) is 0 Å². The monoisotopic (exact) mass is 239 g/mol. The number of nitrogens with zero attached hydrogens (tertiary/aromatic N) is 1. The lowest BCUT2D eigenvalue weighted by Crippen LogP contribution is -2.02. The Kier molecular flexibility index (Phi) is 3.17. The van der Waals surface area contributed by atoms with Gasteiger partial charge in [-0.15, -0.1) is 11.3 Å². The van der Waals surface area contributed by atoms with Gasteiger partial charge in [0, 0.05) is 11.8 Å². The van der Waals surface area contributed by atoms with E-state index < -0.39 is 11.9 Å². The molecule has 2 heterocycles. The summed E-state index contributed by atoms with van der Waals surface area (Å²) < 4.78 is 18.5. The van der Waals surface area contributed by atoms with E-state index in [9.17, 15) is 9.50 Å². The van der Waals surface area contributed by atoms with Gasteiger partial charge in [-0.05, 0) is 17.5 Å². The van der Waals surface area contributed by atoms with Crippen molar-refractivity contribution in [1.82, 2.24) is 4.98 Å². The number of aliphatic hydroxyl groups excluding tert-OH is 1. The maximum Gasteiger partial charge on any atom is 0.147 e. The Morgan fingerprint density at radius 3 is 3.00 bits per heavy atom. The molecule has 0 aliphatic carbocycles. The maximum absolute atomic E-state index is 13.4. The molecule has 2 aromatic rings. The molecule has 3 nitrogen and oxygen atoms in total. The van der Waals surface area contributed by atoms with Crippen molar-refractivity contribution in [2.24, 2.45) is 0 Å². The lowest BCUT2D eigenvalue weighted by Gasteiger charge is -2.11. The summed E-state index contributed by atoms with van der Waals surface area (Å²) in [7, 11) is 1.52. The third-order valence-electron chi connectivity index (χ3n) is 2.22. The fraction of sp³-hybridized carbons (Fsp3) is 0.182. The van der Waals surface area contributed by atoms with Crippen molar-refractivity contribution in [3.05, 3.63) is 46.2 Å². The SMILES string of the molecule is COc1ccsc1C(O)c1ccncc1F. The van der Waals surface area contributed by atoms with Crippen LogP contribution in [0.15, 0.2) is 29.9 Å². The predicted octanol–water partition coefficient (Wildman–Crippen LogP) is 2.37. The molecule has 0 saturated heterocycles. The van der Waals surface area contributed by atoms with Crippen LogP contribution in [0.1, 0.15) is 16.5 Å². The third kappa shape index (κ3) is 1.91. The first kappa shape index (κ1) is 11.0. The second-order valence-corrected chi connectivity index (χ2v) is 4.10. The van der Waals surface area contributed by atoms with E-state index >= 15 is 0 Å². The minimum atomic E-state index is -1.02. The highest BCUT2D eigenvalue weighted by Gasteiger charge is 2.19. The van der Waals surface area contributed by atoms with Crippen molar-refractivity contribution < 1.29 is 14.2 Å². The number of pyridine rings is 1. The molecule has 1 unspecified atom stereocenters. The normalized spacial score (nSPS) is 12.4. The highest BCUT2D eigenvalue weighted by Crippen LogP contribution is 2.35. The minimum absolute atomic E-state index is 0.204. The van der Waals surface area contributed by atoms with Gasteiger partial charge < -0.3 is 9.84 Å². The molecule has 1 atom stereocenters. The van der Waals surface area contributed by atoms with Gasteiger partial charge in [0.15, 0.2) is 0 Å². The smallest absolute Gasteiger partial charge is 0.147 e. The molecule has 0 saturated carbocycles. The van der Waals surface area contributed by atoms with E-state index in [2.05, 4.69) is 4.98 Å². The average Bonchev–Trinajstić information content (AvgIpc) is 2.77. The second-order valence-electron chi connectivity index (χ2n) is 3.15. The van der Waals surface area contributed by atoms with Crippen molar-refractivity contribution in [1.29, 1.82) is 0 Å². The molecule has 0 fully saturated rings. The lowest BCUT2D eigenvalue weighted by atomic mass is 10.1. The van der Waals surface area contributed by atoms with Gasteiger partial charge in [0.2, 0.25) is 0 Å². The fourth-order valence-corrected chi connectivity index (χ4v) is 2.29. The Morgan fingerprint density at radius 2 is 2.31 bits per heavy atom. The molecule has 16 heavy (non-hydrogen) atoms. The third-order valence-corrected chi connectivity index (χ3v) is 3.17. The van der Waals surface area contributed by atoms with Crippen molar-refractivity contribution in [2.75, 3.05) is 7.11 Å². The van der Waals surface area contributed by atoms with Crippen LogP contribution in [-0.2, 0) is 0 Å². The standard InChI is InChI=1S/C11H10FNO2S/c1-15-9-3-5-16-11(9)10(14)7-2-4-13-6-8(7)12/h2-6,10,14H,1H3. The van der Waals surface area contributed by atoms with Gasteiger partial charge in [0.25, 0.3) is 0 Å². The molecular weight excluding hydrogens is 229 g/mol. The second kappa shape index (κ2) is 4.59. The van der Waals surface area contributed by atoms with E-state index in [1.165, 1.54) is 30.7 Å². The summed E-state index contributed by atoms with van der Waals surface area (Å²) in [5.41, 5.74) is 0.204. The summed E-state index contributed by atoms with van der Waals surface area (Å²) in [5, 5.41) is 11.8. The van der Waals surface area contributed by atoms with Crippen LogP contribution in [0.4, 0.5) is 4.39 Å². The number of aliphatic hydroxyl groups is 1. The molecule has 0 bridgehead atoms. The van der Waals surface area contributed by atoms with Crippen LogP contribution in [0.25, 0.3) is 0 Å². The van der Waals surface area contributed by atoms with Crippen LogP contribution >= 0.6 is 11.3 Å². The molecule has 1 N–H and O–H groups in total. The van der Waals surface area contributed by atoms with Gasteiger partial charge in [0.05, 0.1) is 18.2 Å². The van der Waals surface area contributed by atoms with Crippen molar-refractivity contribution in [3.63, 3.8) is 0 Å². The molecule has 0 amide bonds. The molecule has 2 rings (SSSR count). The minimum Gasteiger partial charge on any atom is -0.495 e. The first-order valence-electron chi connectivity index (χ1n) is 4.63. The molecule has 0 aliphatic heterocycles. The van der Waals surface area contributed by atoms with E-state index in [4.69, 9.17) is 4.74 Å². The zero-order valence-corrected chi connectivity index (χ0v) is 9.37. The first-order valence-corrected chi connectivity index (χ1v) is 5.51. The lowest BCUT2D eigenvalue weighted by molar-refractivity contribution is 0.213. The Bertz CT molecular complexity index is 486. The summed E-state index contributed by atoms with van der Waals surface area (Å²) >= 11 is 1.32. The molecule has 5 heteroatoms. The van der Waals surface area contributed by atoms with Crippen molar-refractivity contribution >= 4 is 11.3 Å². The largest absolute Gasteiger partial charge is 0.495 e. The van der Waals surface area contributed by atoms with Gasteiger partial charge >= 0.3 is 0 Å². The van der Waals surface area contributed by atoms with Gasteiger partial charge in [-0.25, -0.2) is 4.39 Å². The zero-order valence-electron chi connectivity index (χ0n) is 8.55. The number of aromatic nitrogens is 1. The highest BCUT2D eigenvalue weighted by atomic mass is 32.1. The van der Waals surface area contributed by atoms with Gasteiger partial charge in [0.1, 0.15) is 17.7 Å². The summed E-state index contributed by atoms with van der Waals surface area (Å²) in [6.07, 6.45) is 1.51. The topological polar surface area (TPSA) is 42.4 Å². The average molecular weight is 239 g/mol. The van der Waals surface area contributed by atoms with E-state index in [-0.39, 0.29) is 5.56 Å². The highest BCUT2D eigenvalue weighted by molar-refractivity contribution is 7.10. The quantitative estimate of drug-likeness (QED) is 0.894. The van der Waals surface area contributed by atoms with Crippen LogP contribution in [0.5, 0.6) is 5.75 Å². The van der Waals surface area contributed by atoms with Crippen LogP contribution in [0, 0.1) is 5.82 Å². The number of halogens is 1. The molecule has 0 radical (unpaired) electrons. The Balaban J connectivity index is 2.39. The van der Waals surface area contributed by atoms with E-state index in [0.29, 0.717) is 10.6 Å². The number of hydrogen-bond acceptors (Lipinski definition) is 4. The zero-order chi connectivity index (χ0) is 11.5. The summed E-state index contributed by atoms with van der Waals surface area (Å²) in [5.74, 6) is 0.0409. The summed E-state index contributed by atoms with van der Waals surface area (Å²) in [4.78, 5) is 4.23. The van der Waals surface area contributed by atoms with Crippen LogP contribution < -0.4 is 4.74 Å². The summed E-state index contributed by atoms with van der Waals surface area (Å²) in [6, 6.07) is 3.20. The number of rotatable bonds is 3. The molecular formula is C11H10FNO2S. The Labute approximate surface area is 96.2 Å². The Hall–Kier alpha value is -1.46. The van der Waals surface area contributed by atoms with Gasteiger partial charge in [-0.2, -0.15) is 0 Å². The maximum atomic E-state index is 13.4. The number of methoxy groups -OCH3 is 1. The van der Waals surface area contributed by atoms with Crippen molar-refractivity contribution in [3.8, 4) is 5.75 Å². The summed E-state index contributed by atoms with van der Waals surface area (Å²) in [6.45, 7) is 0. The number of ether oxygens (including phenoxy) is 1. The fourth-order valence-electron chi connectivity index (χ4n) is 1.43. The molecule has 0 aliphatic rings. The molecule has 0 spiro atoms. The van der Waals surface area contributed by atoms with E-state index in [0.717, 1.165) is 6.20 Å².